The minimum atomic E-state index is 0. The number of rotatable bonds is 4. The van der Waals surface area contributed by atoms with Gasteiger partial charge in [0, 0.05) is 5.56 Å². The molecule has 1 saturated heterocycles. The van der Waals surface area contributed by atoms with Gasteiger partial charge in [-0.1, -0.05) is 0 Å². The van der Waals surface area contributed by atoms with Crippen molar-refractivity contribution in [1.29, 1.82) is 0 Å². The first-order valence-electron chi connectivity index (χ1n) is 7.93. The maximum absolute atomic E-state index is 12.4. The number of fused-ring (bicyclic) bond motifs is 1. The fraction of sp³-hybridized carbons (Fsp3) is 0.588. The number of halogens is 1. The molecule has 0 unspecified atom stereocenters. The minimum absolute atomic E-state index is 0. The van der Waals surface area contributed by atoms with Crippen LogP contribution in [-0.4, -0.2) is 50.2 Å². The fourth-order valence-electron chi connectivity index (χ4n) is 3.23. The van der Waals surface area contributed by atoms with Crippen LogP contribution in [0.25, 0.3) is 0 Å². The van der Waals surface area contributed by atoms with Gasteiger partial charge in [0.15, 0.2) is 17.3 Å². The second kappa shape index (κ2) is 7.64. The van der Waals surface area contributed by atoms with Crippen LogP contribution in [0.1, 0.15) is 36.0 Å². The number of carbonyl (C=O) groups excluding carboxylic acids is 1. The lowest BCUT2D eigenvalue weighted by atomic mass is 10.0. The zero-order valence-corrected chi connectivity index (χ0v) is 15.3. The number of ketones is 1. The van der Waals surface area contributed by atoms with Crippen LogP contribution in [0.5, 0.6) is 11.5 Å². The van der Waals surface area contributed by atoms with E-state index in [1.165, 1.54) is 32.4 Å². The summed E-state index contributed by atoms with van der Waals surface area (Å²) in [5, 5.41) is 0. The zero-order chi connectivity index (χ0) is 14.7. The molecule has 0 spiro atoms. The highest BCUT2D eigenvalue weighted by Gasteiger charge is 2.25. The van der Waals surface area contributed by atoms with Crippen molar-refractivity contribution < 1.29 is 42.7 Å². The molecule has 1 fully saturated rings. The number of ether oxygens (including phenoxy) is 2. The first-order chi connectivity index (χ1) is 10.2. The number of quaternary nitrogens is 1. The van der Waals surface area contributed by atoms with Crippen molar-refractivity contribution in [3.8, 4) is 11.5 Å². The number of likely N-dealkylation sites (tertiary alicyclic amines) is 1. The van der Waals surface area contributed by atoms with Gasteiger partial charge in [-0.05, 0) is 37.5 Å². The van der Waals surface area contributed by atoms with Crippen LogP contribution in [0, 0.1) is 0 Å². The summed E-state index contributed by atoms with van der Waals surface area (Å²) in [4.78, 5) is 12.4. The van der Waals surface area contributed by atoms with Crippen LogP contribution in [0.2, 0.25) is 0 Å². The molecule has 2 heterocycles. The molecule has 2 aliphatic heterocycles. The van der Waals surface area contributed by atoms with Crippen LogP contribution in [0.4, 0.5) is 0 Å². The molecule has 122 valence electrons. The Labute approximate surface area is 149 Å². The van der Waals surface area contributed by atoms with E-state index in [2.05, 4.69) is 7.05 Å². The third-order valence-electron chi connectivity index (χ3n) is 4.64. The first-order valence-corrected chi connectivity index (χ1v) is 7.93. The van der Waals surface area contributed by atoms with Crippen molar-refractivity contribution in [2.75, 3.05) is 39.9 Å². The Morgan fingerprint density at radius 1 is 1.09 bits per heavy atom. The van der Waals surface area contributed by atoms with Crippen molar-refractivity contribution in [3.63, 3.8) is 0 Å². The van der Waals surface area contributed by atoms with E-state index in [4.69, 9.17) is 9.47 Å². The van der Waals surface area contributed by atoms with Gasteiger partial charge in [0.25, 0.3) is 0 Å². The number of benzene rings is 1. The van der Waals surface area contributed by atoms with Gasteiger partial charge in [0.2, 0.25) is 0 Å². The summed E-state index contributed by atoms with van der Waals surface area (Å²) in [7, 11) is 2.27. The van der Waals surface area contributed by atoms with E-state index >= 15 is 0 Å². The van der Waals surface area contributed by atoms with Gasteiger partial charge >= 0.3 is 0 Å². The zero-order valence-electron chi connectivity index (χ0n) is 13.1. The molecule has 0 aromatic heterocycles. The van der Waals surface area contributed by atoms with E-state index in [9.17, 15) is 4.79 Å². The molecular formula is C17H24INO3. The summed E-state index contributed by atoms with van der Waals surface area (Å²) in [6, 6.07) is 5.53. The number of hydrogen-bond donors (Lipinski definition) is 0. The molecule has 0 bridgehead atoms. The van der Waals surface area contributed by atoms with E-state index < -0.39 is 0 Å². The molecule has 0 N–H and O–H groups in total. The Kier molecular flexibility index (Phi) is 6.09. The van der Waals surface area contributed by atoms with Gasteiger partial charge < -0.3 is 37.9 Å². The largest absolute Gasteiger partial charge is 1.00 e. The van der Waals surface area contributed by atoms with Gasteiger partial charge in [-0.25, -0.2) is 0 Å². The van der Waals surface area contributed by atoms with Crippen molar-refractivity contribution in [2.45, 2.75) is 25.7 Å². The Morgan fingerprint density at radius 2 is 1.77 bits per heavy atom. The molecule has 0 saturated carbocycles. The van der Waals surface area contributed by atoms with Gasteiger partial charge in [-0.15, -0.1) is 0 Å². The van der Waals surface area contributed by atoms with Gasteiger partial charge in [-0.2, -0.15) is 0 Å². The number of hydrogen-bond acceptors (Lipinski definition) is 3. The predicted molar refractivity (Wildman–Crippen MR) is 81.0 cm³/mol. The van der Waals surface area contributed by atoms with Crippen molar-refractivity contribution in [1.82, 2.24) is 0 Å². The molecular weight excluding hydrogens is 393 g/mol. The monoisotopic (exact) mass is 417 g/mol. The normalized spacial score (nSPS) is 19.1. The third-order valence-corrected chi connectivity index (χ3v) is 4.64. The summed E-state index contributed by atoms with van der Waals surface area (Å²) in [5.41, 5.74) is 0.739. The van der Waals surface area contributed by atoms with Crippen LogP contribution in [-0.2, 0) is 0 Å². The second-order valence-corrected chi connectivity index (χ2v) is 6.38. The SMILES string of the molecule is C[N+]1(CCC(=O)c2ccc3c(c2)OCCO3)CCCCC1.[I-]. The third kappa shape index (κ3) is 4.13. The lowest BCUT2D eigenvalue weighted by molar-refractivity contribution is -0.913. The maximum atomic E-state index is 12.4. The molecule has 0 radical (unpaired) electrons. The highest BCUT2D eigenvalue weighted by Crippen LogP contribution is 2.31. The summed E-state index contributed by atoms with van der Waals surface area (Å²) in [5.74, 6) is 1.65. The first kappa shape index (κ1) is 17.5. The van der Waals surface area contributed by atoms with E-state index in [1.54, 1.807) is 0 Å². The predicted octanol–water partition coefficient (Wildman–Crippen LogP) is -0.335. The molecule has 3 rings (SSSR count). The van der Waals surface area contributed by atoms with Crippen molar-refractivity contribution in [3.05, 3.63) is 23.8 Å². The summed E-state index contributed by atoms with van der Waals surface area (Å²) in [6.45, 7) is 4.48. The van der Waals surface area contributed by atoms with E-state index in [-0.39, 0.29) is 29.8 Å². The fourth-order valence-corrected chi connectivity index (χ4v) is 3.23. The maximum Gasteiger partial charge on any atom is 0.168 e. The number of Topliss-reactive ketones (excluding diaryl/α,β-unsaturated/α-hetero) is 1. The Bertz CT molecular complexity index is 527. The molecule has 5 heteroatoms. The Balaban J connectivity index is 0.00000176. The minimum Gasteiger partial charge on any atom is -1.00 e. The van der Waals surface area contributed by atoms with Crippen LogP contribution in [0.3, 0.4) is 0 Å². The van der Waals surface area contributed by atoms with Crippen LogP contribution >= 0.6 is 0 Å². The number of piperidine rings is 1. The molecule has 0 aliphatic carbocycles. The quantitative estimate of drug-likeness (QED) is 0.383. The number of carbonyl (C=O) groups is 1. The smallest absolute Gasteiger partial charge is 0.168 e. The lowest BCUT2D eigenvalue weighted by Crippen LogP contribution is -3.00. The number of nitrogens with zero attached hydrogens (tertiary/aromatic N) is 1. The average Bonchev–Trinajstić information content (AvgIpc) is 2.53. The summed E-state index contributed by atoms with van der Waals surface area (Å²) >= 11 is 0. The molecule has 0 atom stereocenters. The summed E-state index contributed by atoms with van der Waals surface area (Å²) < 4.78 is 12.1. The van der Waals surface area contributed by atoms with E-state index in [1.807, 2.05) is 18.2 Å². The Morgan fingerprint density at radius 3 is 2.50 bits per heavy atom. The van der Waals surface area contributed by atoms with Crippen LogP contribution < -0.4 is 33.5 Å². The Hall–Kier alpha value is -0.820. The lowest BCUT2D eigenvalue weighted by Gasteiger charge is -2.37. The summed E-state index contributed by atoms with van der Waals surface area (Å²) in [6.07, 6.45) is 4.52. The highest BCUT2D eigenvalue weighted by molar-refractivity contribution is 5.96. The molecule has 0 amide bonds. The van der Waals surface area contributed by atoms with Crippen LogP contribution in [0.15, 0.2) is 18.2 Å². The van der Waals surface area contributed by atoms with Gasteiger partial charge in [0.05, 0.1) is 33.1 Å². The molecule has 1 aromatic rings. The standard InChI is InChI=1S/C17H24NO3.HI/c1-18(8-3-2-4-9-18)10-7-15(19)14-5-6-16-17(13-14)21-12-11-20-16;/h5-6,13H,2-4,7-12H2,1H3;1H/q+1;/p-1. The topological polar surface area (TPSA) is 35.5 Å². The van der Waals surface area contributed by atoms with Crippen molar-refractivity contribution in [2.24, 2.45) is 0 Å². The van der Waals surface area contributed by atoms with Crippen molar-refractivity contribution >= 4 is 5.78 Å². The van der Waals surface area contributed by atoms with E-state index in [0.717, 1.165) is 22.3 Å². The molecule has 4 nitrogen and oxygen atoms in total. The highest BCUT2D eigenvalue weighted by atomic mass is 127. The van der Waals surface area contributed by atoms with Gasteiger partial charge in [-0.3, -0.25) is 4.79 Å². The van der Waals surface area contributed by atoms with Gasteiger partial charge in [0.1, 0.15) is 13.2 Å². The molecule has 1 aromatic carbocycles. The molecule has 2 aliphatic rings. The molecule has 22 heavy (non-hydrogen) atoms. The second-order valence-electron chi connectivity index (χ2n) is 6.38. The van der Waals surface area contributed by atoms with E-state index in [0.29, 0.717) is 25.4 Å². The average molecular weight is 417 g/mol.